The maximum atomic E-state index is 13.2. The van der Waals surface area contributed by atoms with E-state index in [-0.39, 0.29) is 23.4 Å². The van der Waals surface area contributed by atoms with E-state index in [0.29, 0.717) is 0 Å². The summed E-state index contributed by atoms with van der Waals surface area (Å²) < 4.78 is 13.2. The summed E-state index contributed by atoms with van der Waals surface area (Å²) in [7, 11) is 0. The van der Waals surface area contributed by atoms with Crippen LogP contribution in [0, 0.1) is 5.82 Å². The van der Waals surface area contributed by atoms with Crippen LogP contribution in [-0.4, -0.2) is 29.3 Å². The minimum absolute atomic E-state index is 0.0464. The highest BCUT2D eigenvalue weighted by Gasteiger charge is 2.35. The highest BCUT2D eigenvalue weighted by atomic mass is 19.1. The molecule has 0 radical (unpaired) electrons. The fourth-order valence-corrected chi connectivity index (χ4v) is 1.76. The lowest BCUT2D eigenvalue weighted by atomic mass is 10.1. The lowest BCUT2D eigenvalue weighted by Gasteiger charge is -2.14. The summed E-state index contributed by atoms with van der Waals surface area (Å²) in [5.41, 5.74) is 0.349. The van der Waals surface area contributed by atoms with E-state index in [2.05, 4.69) is 0 Å². The number of rotatable bonds is 3. The zero-order chi connectivity index (χ0) is 14.2. The van der Waals surface area contributed by atoms with Gasteiger partial charge in [-0.05, 0) is 25.1 Å². The molecule has 1 aliphatic rings. The van der Waals surface area contributed by atoms with E-state index < -0.39 is 23.5 Å². The van der Waals surface area contributed by atoms with Crippen molar-refractivity contribution >= 4 is 23.3 Å². The number of hydrogen-bond acceptors (Lipinski definition) is 3. The number of benzene rings is 1. The summed E-state index contributed by atoms with van der Waals surface area (Å²) in [5.74, 6) is -3.17. The van der Waals surface area contributed by atoms with Crippen LogP contribution in [0.25, 0.3) is 0 Å². The molecule has 5 nitrogen and oxygen atoms in total. The van der Waals surface area contributed by atoms with Crippen LogP contribution >= 0.6 is 0 Å². The molecular formula is C13H10FNO4. The largest absolute Gasteiger partial charge is 0.478 e. The molecule has 1 heterocycles. The van der Waals surface area contributed by atoms with Crippen molar-refractivity contribution in [2.75, 3.05) is 11.4 Å². The van der Waals surface area contributed by atoms with Gasteiger partial charge in [0.2, 0.25) is 0 Å². The third-order valence-corrected chi connectivity index (χ3v) is 2.85. The molecule has 1 amide bonds. The molecule has 1 aromatic carbocycles. The summed E-state index contributed by atoms with van der Waals surface area (Å²) in [6.45, 7) is 1.29. The minimum Gasteiger partial charge on any atom is -0.478 e. The molecule has 0 saturated carbocycles. The van der Waals surface area contributed by atoms with Crippen molar-refractivity contribution in [3.63, 3.8) is 0 Å². The number of halogens is 1. The number of aliphatic carboxylic acids is 1. The normalized spacial score (nSPS) is 14.8. The molecule has 0 fully saturated rings. The molecule has 0 atom stereocenters. The van der Waals surface area contributed by atoms with Crippen molar-refractivity contribution < 1.29 is 23.9 Å². The number of carboxylic acids is 1. The second kappa shape index (κ2) is 4.64. The second-order valence-electron chi connectivity index (χ2n) is 4.10. The first-order valence-corrected chi connectivity index (χ1v) is 5.47. The highest BCUT2D eigenvalue weighted by molar-refractivity contribution is 6.52. The van der Waals surface area contributed by atoms with E-state index in [1.54, 1.807) is 0 Å². The molecule has 0 spiro atoms. The maximum Gasteiger partial charge on any atom is 0.331 e. The van der Waals surface area contributed by atoms with Crippen LogP contribution in [0.3, 0.4) is 0 Å². The van der Waals surface area contributed by atoms with Crippen molar-refractivity contribution in [2.24, 2.45) is 0 Å². The van der Waals surface area contributed by atoms with Crippen LogP contribution in [-0.2, 0) is 9.59 Å². The van der Waals surface area contributed by atoms with Crippen molar-refractivity contribution in [3.8, 4) is 0 Å². The van der Waals surface area contributed by atoms with Gasteiger partial charge in [0.1, 0.15) is 5.82 Å². The Hall–Kier alpha value is -2.50. The van der Waals surface area contributed by atoms with Gasteiger partial charge < -0.3 is 10.0 Å². The molecule has 0 aromatic heterocycles. The minimum atomic E-state index is -1.11. The van der Waals surface area contributed by atoms with E-state index >= 15 is 0 Å². The Morgan fingerprint density at radius 3 is 2.74 bits per heavy atom. The molecule has 0 unspecified atom stereocenters. The quantitative estimate of drug-likeness (QED) is 0.660. The SMILES string of the molecule is CC(=CCN1C(=O)C(=O)c2ccc(F)cc21)C(=O)O. The summed E-state index contributed by atoms with van der Waals surface area (Å²) >= 11 is 0. The molecule has 0 bridgehead atoms. The van der Waals surface area contributed by atoms with Gasteiger partial charge in [0.25, 0.3) is 11.7 Å². The van der Waals surface area contributed by atoms with E-state index in [1.807, 2.05) is 0 Å². The fourth-order valence-electron chi connectivity index (χ4n) is 1.76. The number of carbonyl (C=O) groups excluding carboxylic acids is 2. The predicted octanol–water partition coefficient (Wildman–Crippen LogP) is 1.39. The molecule has 6 heteroatoms. The highest BCUT2D eigenvalue weighted by Crippen LogP contribution is 2.29. The molecule has 2 rings (SSSR count). The number of nitrogens with zero attached hydrogens (tertiary/aromatic N) is 1. The summed E-state index contributed by atoms with van der Waals surface area (Å²) in [5, 5.41) is 8.71. The van der Waals surface area contributed by atoms with E-state index in [0.717, 1.165) is 17.0 Å². The second-order valence-corrected chi connectivity index (χ2v) is 4.10. The average Bonchev–Trinajstić information content (AvgIpc) is 2.59. The first-order chi connectivity index (χ1) is 8.91. The third kappa shape index (κ3) is 2.24. The Bertz CT molecular complexity index is 621. The molecule has 0 aliphatic carbocycles. The topological polar surface area (TPSA) is 74.7 Å². The Labute approximate surface area is 107 Å². The monoisotopic (exact) mass is 263 g/mol. The van der Waals surface area contributed by atoms with Gasteiger partial charge in [0.05, 0.1) is 11.3 Å². The van der Waals surface area contributed by atoms with Crippen LogP contribution in [0.4, 0.5) is 10.1 Å². The van der Waals surface area contributed by atoms with E-state index in [9.17, 15) is 18.8 Å². The lowest BCUT2D eigenvalue weighted by molar-refractivity contribution is -0.132. The lowest BCUT2D eigenvalue weighted by Crippen LogP contribution is -2.30. The standard InChI is InChI=1S/C13H10FNO4/c1-7(13(18)19)4-5-15-10-6-8(14)2-3-9(10)11(16)12(15)17/h2-4,6H,5H2,1H3,(H,18,19). The third-order valence-electron chi connectivity index (χ3n) is 2.85. The summed E-state index contributed by atoms with van der Waals surface area (Å²) in [6, 6.07) is 3.44. The predicted molar refractivity (Wildman–Crippen MR) is 64.5 cm³/mol. The number of Topliss-reactive ketones (excluding diaryl/α,β-unsaturated/α-hetero) is 1. The van der Waals surface area contributed by atoms with E-state index in [4.69, 9.17) is 5.11 Å². The van der Waals surface area contributed by atoms with Crippen LogP contribution < -0.4 is 4.90 Å². The van der Waals surface area contributed by atoms with Gasteiger partial charge >= 0.3 is 5.97 Å². The van der Waals surface area contributed by atoms with Gasteiger partial charge in [0.15, 0.2) is 0 Å². The maximum absolute atomic E-state index is 13.2. The molecule has 1 aromatic rings. The molecule has 1 aliphatic heterocycles. The zero-order valence-electron chi connectivity index (χ0n) is 10.0. The number of anilines is 1. The van der Waals surface area contributed by atoms with Crippen LogP contribution in [0.5, 0.6) is 0 Å². The van der Waals surface area contributed by atoms with Gasteiger partial charge in [0, 0.05) is 12.1 Å². The number of carboxylic acid groups (broad SMARTS) is 1. The average molecular weight is 263 g/mol. The number of fused-ring (bicyclic) bond motifs is 1. The number of ketones is 1. The van der Waals surface area contributed by atoms with Gasteiger partial charge in [-0.2, -0.15) is 0 Å². The van der Waals surface area contributed by atoms with Crippen molar-refractivity contribution in [1.29, 1.82) is 0 Å². The van der Waals surface area contributed by atoms with Gasteiger partial charge in [-0.1, -0.05) is 6.08 Å². The summed E-state index contributed by atoms with van der Waals surface area (Å²) in [6.07, 6.45) is 1.30. The molecule has 19 heavy (non-hydrogen) atoms. The molecule has 98 valence electrons. The van der Waals surface area contributed by atoms with Crippen LogP contribution in [0.15, 0.2) is 29.8 Å². The van der Waals surface area contributed by atoms with Gasteiger partial charge in [-0.3, -0.25) is 9.59 Å². The molecule has 1 N–H and O–H groups in total. The Morgan fingerprint density at radius 2 is 2.11 bits per heavy atom. The van der Waals surface area contributed by atoms with Crippen molar-refractivity contribution in [1.82, 2.24) is 0 Å². The van der Waals surface area contributed by atoms with Crippen molar-refractivity contribution in [3.05, 3.63) is 41.2 Å². The molecular weight excluding hydrogens is 253 g/mol. The zero-order valence-corrected chi connectivity index (χ0v) is 10.0. The Balaban J connectivity index is 2.36. The number of hydrogen-bond donors (Lipinski definition) is 1. The Morgan fingerprint density at radius 1 is 1.42 bits per heavy atom. The van der Waals surface area contributed by atoms with Crippen molar-refractivity contribution in [2.45, 2.75) is 6.92 Å². The number of amides is 1. The van der Waals surface area contributed by atoms with Crippen LogP contribution in [0.1, 0.15) is 17.3 Å². The van der Waals surface area contributed by atoms with Gasteiger partial charge in [-0.15, -0.1) is 0 Å². The molecule has 0 saturated heterocycles. The fraction of sp³-hybridized carbons (Fsp3) is 0.154. The smallest absolute Gasteiger partial charge is 0.331 e. The Kier molecular flexibility index (Phi) is 3.16. The summed E-state index contributed by atoms with van der Waals surface area (Å²) in [4.78, 5) is 35.1. The first-order valence-electron chi connectivity index (χ1n) is 5.47. The van der Waals surface area contributed by atoms with E-state index in [1.165, 1.54) is 19.1 Å². The first kappa shape index (κ1) is 12.9. The van der Waals surface area contributed by atoms with Gasteiger partial charge in [-0.25, -0.2) is 9.18 Å². The number of carbonyl (C=O) groups is 3. The van der Waals surface area contributed by atoms with Crippen LogP contribution in [0.2, 0.25) is 0 Å².